The number of imide groups is 1. The lowest BCUT2D eigenvalue weighted by Gasteiger charge is -2.35. The second-order valence-corrected chi connectivity index (χ2v) is 8.23. The Balaban J connectivity index is 1.35. The number of urea groups is 1. The summed E-state index contributed by atoms with van der Waals surface area (Å²) in [6.07, 6.45) is 0. The highest BCUT2D eigenvalue weighted by Crippen LogP contribution is 2.28. The predicted octanol–water partition coefficient (Wildman–Crippen LogP) is 0.281. The number of carbonyl (C=O) groups is 2. The molecule has 4 aliphatic rings. The summed E-state index contributed by atoms with van der Waals surface area (Å²) in [6.45, 7) is 8.03. The molecule has 0 bridgehead atoms. The van der Waals surface area contributed by atoms with E-state index in [0.717, 1.165) is 37.0 Å². The Hall–Kier alpha value is -2.98. The van der Waals surface area contributed by atoms with Crippen LogP contribution in [-0.2, 0) is 9.53 Å². The van der Waals surface area contributed by atoms with Crippen LogP contribution in [0, 0.1) is 0 Å². The summed E-state index contributed by atoms with van der Waals surface area (Å²) >= 11 is 0. The molecule has 0 aliphatic carbocycles. The molecule has 170 valence electrons. The molecule has 4 aliphatic heterocycles. The van der Waals surface area contributed by atoms with Gasteiger partial charge in [0.15, 0.2) is 0 Å². The highest BCUT2D eigenvalue weighted by molar-refractivity contribution is 6.24. The Morgan fingerprint density at radius 2 is 1.88 bits per heavy atom. The van der Waals surface area contributed by atoms with Gasteiger partial charge in [0.2, 0.25) is 11.9 Å². The quantitative estimate of drug-likeness (QED) is 0.590. The Labute approximate surface area is 187 Å². The van der Waals surface area contributed by atoms with Crippen molar-refractivity contribution >= 4 is 29.4 Å². The molecule has 1 unspecified atom stereocenters. The van der Waals surface area contributed by atoms with E-state index in [9.17, 15) is 9.59 Å². The molecule has 0 spiro atoms. The van der Waals surface area contributed by atoms with Gasteiger partial charge in [-0.2, -0.15) is 0 Å². The molecule has 2 fully saturated rings. The Morgan fingerprint density at radius 1 is 1.12 bits per heavy atom. The molecule has 1 aromatic rings. The van der Waals surface area contributed by atoms with E-state index in [1.165, 1.54) is 9.80 Å². The number of anilines is 1. The Bertz CT molecular complexity index is 969. The number of aliphatic imine (C=N–C) groups is 1. The average Bonchev–Trinajstić information content (AvgIpc) is 3.39. The number of nitrogens with zero attached hydrogens (tertiary/aromatic N) is 6. The van der Waals surface area contributed by atoms with E-state index in [1.807, 2.05) is 35.8 Å². The summed E-state index contributed by atoms with van der Waals surface area (Å²) in [6, 6.07) is 7.00. The molecule has 0 saturated carbocycles. The Morgan fingerprint density at radius 3 is 2.59 bits per heavy atom. The van der Waals surface area contributed by atoms with Gasteiger partial charge in [0.25, 0.3) is 5.91 Å². The molecule has 1 atom stereocenters. The maximum Gasteiger partial charge on any atom is 0.397 e. The van der Waals surface area contributed by atoms with Crippen LogP contribution in [0.15, 0.2) is 29.3 Å². The van der Waals surface area contributed by atoms with Crippen LogP contribution < -0.4 is 9.64 Å². The van der Waals surface area contributed by atoms with E-state index >= 15 is 0 Å². The van der Waals surface area contributed by atoms with E-state index in [2.05, 4.69) is 9.80 Å². The third-order valence-corrected chi connectivity index (χ3v) is 6.40. The SMILES string of the molecule is CCOc1ccc(N2CC[N+]3=C2N=C2C3C(=O)N(CCN3CCOCC3)C(=O)N2C)cc1. The number of benzene rings is 1. The van der Waals surface area contributed by atoms with E-state index in [0.29, 0.717) is 45.3 Å². The summed E-state index contributed by atoms with van der Waals surface area (Å²) in [5.74, 6) is 1.86. The first-order chi connectivity index (χ1) is 15.6. The van der Waals surface area contributed by atoms with Crippen molar-refractivity contribution in [2.24, 2.45) is 4.99 Å². The number of carbonyl (C=O) groups excluding carboxylic acids is 2. The van der Waals surface area contributed by atoms with Crippen molar-refractivity contribution in [2.45, 2.75) is 13.0 Å². The van der Waals surface area contributed by atoms with Gasteiger partial charge in [0.1, 0.15) is 18.0 Å². The minimum Gasteiger partial charge on any atom is -0.494 e. The van der Waals surface area contributed by atoms with Gasteiger partial charge in [-0.25, -0.2) is 14.3 Å². The van der Waals surface area contributed by atoms with Crippen molar-refractivity contribution in [2.75, 3.05) is 71.0 Å². The molecular formula is C22H29N6O4+. The Kier molecular flexibility index (Phi) is 5.56. The average molecular weight is 442 g/mol. The largest absolute Gasteiger partial charge is 0.494 e. The highest BCUT2D eigenvalue weighted by atomic mass is 16.5. The summed E-state index contributed by atoms with van der Waals surface area (Å²) in [7, 11) is 1.70. The van der Waals surface area contributed by atoms with Crippen molar-refractivity contribution in [3.8, 4) is 5.75 Å². The zero-order chi connectivity index (χ0) is 22.2. The number of hydrogen-bond acceptors (Lipinski definition) is 7. The van der Waals surface area contributed by atoms with Gasteiger partial charge in [0, 0.05) is 33.2 Å². The molecule has 4 heterocycles. The molecular weight excluding hydrogens is 412 g/mol. The van der Waals surface area contributed by atoms with Gasteiger partial charge < -0.3 is 9.47 Å². The third-order valence-electron chi connectivity index (χ3n) is 6.40. The van der Waals surface area contributed by atoms with Crippen molar-refractivity contribution in [1.82, 2.24) is 14.7 Å². The molecule has 32 heavy (non-hydrogen) atoms. The minimum absolute atomic E-state index is 0.191. The van der Waals surface area contributed by atoms with Crippen molar-refractivity contribution < 1.29 is 23.6 Å². The standard InChI is InChI=1S/C22H29N6O4/c1-3-32-17-6-4-16(5-7-17)26-10-11-27-18-19(23-21(26)27)24(2)22(30)28(20(18)29)9-8-25-12-14-31-15-13-25/h4-7,18H,3,8-15H2,1-2H3/q+1. The first-order valence-corrected chi connectivity index (χ1v) is 11.2. The fourth-order valence-corrected chi connectivity index (χ4v) is 4.66. The van der Waals surface area contributed by atoms with Crippen LogP contribution in [0.5, 0.6) is 5.75 Å². The maximum absolute atomic E-state index is 13.4. The summed E-state index contributed by atoms with van der Waals surface area (Å²) in [5, 5.41) is 0. The summed E-state index contributed by atoms with van der Waals surface area (Å²) in [5.41, 5.74) is 0.986. The minimum atomic E-state index is -0.551. The second kappa shape index (κ2) is 8.51. The van der Waals surface area contributed by atoms with E-state index in [1.54, 1.807) is 7.05 Å². The fourth-order valence-electron chi connectivity index (χ4n) is 4.66. The first kappa shape index (κ1) is 20.9. The fraction of sp³-hybridized carbons (Fsp3) is 0.545. The van der Waals surface area contributed by atoms with Crippen LogP contribution >= 0.6 is 0 Å². The zero-order valence-corrected chi connectivity index (χ0v) is 18.6. The van der Waals surface area contributed by atoms with Crippen LogP contribution in [0.25, 0.3) is 0 Å². The molecule has 0 aromatic heterocycles. The van der Waals surface area contributed by atoms with Crippen molar-refractivity contribution in [3.05, 3.63) is 24.3 Å². The topological polar surface area (TPSA) is 80.9 Å². The number of hydrogen-bond donors (Lipinski definition) is 0. The lowest BCUT2D eigenvalue weighted by molar-refractivity contribution is -0.525. The first-order valence-electron chi connectivity index (χ1n) is 11.2. The molecule has 3 amide bonds. The van der Waals surface area contributed by atoms with Crippen LogP contribution in [0.3, 0.4) is 0 Å². The van der Waals surface area contributed by atoms with Crippen LogP contribution in [0.4, 0.5) is 10.5 Å². The van der Waals surface area contributed by atoms with Crippen LogP contribution in [0.2, 0.25) is 0 Å². The number of morpholine rings is 1. The monoisotopic (exact) mass is 441 g/mol. The number of amidine groups is 1. The van der Waals surface area contributed by atoms with Gasteiger partial charge >= 0.3 is 12.0 Å². The summed E-state index contributed by atoms with van der Waals surface area (Å²) in [4.78, 5) is 38.3. The normalized spacial score (nSPS) is 23.6. The van der Waals surface area contributed by atoms with E-state index in [-0.39, 0.29) is 11.9 Å². The third kappa shape index (κ3) is 3.53. The van der Waals surface area contributed by atoms with Gasteiger partial charge in [-0.1, -0.05) is 4.99 Å². The molecule has 5 rings (SSSR count). The molecule has 1 aromatic carbocycles. The zero-order valence-electron chi connectivity index (χ0n) is 18.6. The number of rotatable bonds is 6. The lowest BCUT2D eigenvalue weighted by atomic mass is 10.1. The lowest BCUT2D eigenvalue weighted by Crippen LogP contribution is -2.63. The number of fused-ring (bicyclic) bond motifs is 2. The second-order valence-electron chi connectivity index (χ2n) is 8.23. The molecule has 10 heteroatoms. The maximum atomic E-state index is 13.4. The highest BCUT2D eigenvalue weighted by Gasteiger charge is 2.55. The van der Waals surface area contributed by atoms with Gasteiger partial charge in [-0.3, -0.25) is 19.5 Å². The van der Waals surface area contributed by atoms with Gasteiger partial charge in [-0.15, -0.1) is 0 Å². The van der Waals surface area contributed by atoms with Crippen LogP contribution in [0.1, 0.15) is 6.92 Å². The number of amides is 3. The number of likely N-dealkylation sites (N-methyl/N-ethyl adjacent to an activating group) is 1. The number of guanidine groups is 1. The smallest absolute Gasteiger partial charge is 0.397 e. The van der Waals surface area contributed by atoms with Crippen molar-refractivity contribution in [1.29, 1.82) is 0 Å². The number of ether oxygens (including phenoxy) is 2. The van der Waals surface area contributed by atoms with E-state index < -0.39 is 6.04 Å². The van der Waals surface area contributed by atoms with Gasteiger partial charge in [0.05, 0.1) is 26.4 Å². The van der Waals surface area contributed by atoms with Gasteiger partial charge in [-0.05, 0) is 31.2 Å². The van der Waals surface area contributed by atoms with Crippen LogP contribution in [-0.4, -0.2) is 115 Å². The molecule has 10 nitrogen and oxygen atoms in total. The molecule has 0 radical (unpaired) electrons. The molecule has 0 N–H and O–H groups in total. The summed E-state index contributed by atoms with van der Waals surface area (Å²) < 4.78 is 12.9. The van der Waals surface area contributed by atoms with E-state index in [4.69, 9.17) is 14.5 Å². The predicted molar refractivity (Wildman–Crippen MR) is 118 cm³/mol. The molecule has 2 saturated heterocycles. The van der Waals surface area contributed by atoms with Crippen molar-refractivity contribution in [3.63, 3.8) is 0 Å².